The van der Waals surface area contributed by atoms with E-state index in [0.717, 1.165) is 35.5 Å². The third-order valence-electron chi connectivity index (χ3n) is 6.55. The number of ether oxygens (including phenoxy) is 1. The molecule has 156 valence electrons. The molecule has 1 fully saturated rings. The highest BCUT2D eigenvalue weighted by Gasteiger charge is 2.39. The van der Waals surface area contributed by atoms with Crippen LogP contribution >= 0.6 is 0 Å². The molecule has 5 rings (SSSR count). The molecule has 1 aromatic carbocycles. The van der Waals surface area contributed by atoms with Crippen LogP contribution in [0.25, 0.3) is 6.08 Å². The lowest BCUT2D eigenvalue weighted by molar-refractivity contribution is -0.138. The van der Waals surface area contributed by atoms with E-state index in [9.17, 15) is 9.59 Å². The number of carbonyl (C=O) groups is 2. The summed E-state index contributed by atoms with van der Waals surface area (Å²) in [5.74, 6) is 0.472. The number of allylic oxidation sites excluding steroid dienone is 1. The lowest BCUT2D eigenvalue weighted by atomic mass is 10.0. The standard InChI is InChI=1S/C23H26N4O3/c1-14-15-7-5-9-21(17(15)12-27(14)20-10-11-22(28)24-23(20)29)30-13-18-16-6-3-4-8-19(16)26(2)25-18/h4-5,7-9,14,20H,3,6,10-13H2,1-2H3,(H,24,28,29). The van der Waals surface area contributed by atoms with E-state index in [-0.39, 0.29) is 23.9 Å². The highest BCUT2D eigenvalue weighted by molar-refractivity contribution is 6.00. The van der Waals surface area contributed by atoms with Crippen molar-refractivity contribution in [2.24, 2.45) is 7.05 Å². The van der Waals surface area contributed by atoms with Crippen LogP contribution in [-0.4, -0.2) is 32.5 Å². The van der Waals surface area contributed by atoms with Gasteiger partial charge in [0.05, 0.1) is 11.7 Å². The Bertz CT molecular complexity index is 1050. The fourth-order valence-electron chi connectivity index (χ4n) is 4.96. The van der Waals surface area contributed by atoms with Crippen LogP contribution in [0.3, 0.4) is 0 Å². The summed E-state index contributed by atoms with van der Waals surface area (Å²) in [6, 6.07) is 5.92. The summed E-state index contributed by atoms with van der Waals surface area (Å²) in [6.45, 7) is 3.18. The van der Waals surface area contributed by atoms with Gasteiger partial charge in [0.15, 0.2) is 0 Å². The lowest BCUT2D eigenvalue weighted by Crippen LogP contribution is -2.51. The quantitative estimate of drug-likeness (QED) is 0.790. The number of aryl methyl sites for hydroxylation is 1. The van der Waals surface area contributed by atoms with E-state index in [1.54, 1.807) is 0 Å². The van der Waals surface area contributed by atoms with Crippen molar-refractivity contribution in [1.82, 2.24) is 20.0 Å². The van der Waals surface area contributed by atoms with Gasteiger partial charge in [0.1, 0.15) is 18.1 Å². The largest absolute Gasteiger partial charge is 0.487 e. The topological polar surface area (TPSA) is 76.5 Å². The van der Waals surface area contributed by atoms with Crippen molar-refractivity contribution in [1.29, 1.82) is 0 Å². The minimum atomic E-state index is -0.285. The van der Waals surface area contributed by atoms with Crippen molar-refractivity contribution >= 4 is 17.9 Å². The van der Waals surface area contributed by atoms with E-state index >= 15 is 0 Å². The molecule has 2 aromatic rings. The van der Waals surface area contributed by atoms with Gasteiger partial charge < -0.3 is 4.74 Å². The summed E-state index contributed by atoms with van der Waals surface area (Å²) in [5, 5.41) is 7.15. The highest BCUT2D eigenvalue weighted by atomic mass is 16.5. The molecule has 3 heterocycles. The van der Waals surface area contributed by atoms with Crippen molar-refractivity contribution in [3.8, 4) is 5.75 Å². The summed E-state index contributed by atoms with van der Waals surface area (Å²) in [6.07, 6.45) is 7.29. The van der Waals surface area contributed by atoms with Gasteiger partial charge in [0.2, 0.25) is 11.8 Å². The van der Waals surface area contributed by atoms with Gasteiger partial charge in [-0.2, -0.15) is 5.10 Å². The molecule has 1 aromatic heterocycles. The van der Waals surface area contributed by atoms with Gasteiger partial charge >= 0.3 is 0 Å². The monoisotopic (exact) mass is 406 g/mol. The van der Waals surface area contributed by atoms with Crippen molar-refractivity contribution in [2.45, 2.75) is 57.8 Å². The lowest BCUT2D eigenvalue weighted by Gasteiger charge is -2.32. The average molecular weight is 406 g/mol. The number of aromatic nitrogens is 2. The normalized spacial score (nSPS) is 23.3. The van der Waals surface area contributed by atoms with Crippen LogP contribution in [0.4, 0.5) is 0 Å². The van der Waals surface area contributed by atoms with Crippen LogP contribution in [0.5, 0.6) is 5.75 Å². The first-order valence-corrected chi connectivity index (χ1v) is 10.6. The average Bonchev–Trinajstić information content (AvgIpc) is 3.24. The number of imide groups is 1. The Labute approximate surface area is 175 Å². The number of piperidine rings is 1. The van der Waals surface area contributed by atoms with Gasteiger partial charge in [-0.25, -0.2) is 0 Å². The Morgan fingerprint density at radius 3 is 2.93 bits per heavy atom. The molecule has 30 heavy (non-hydrogen) atoms. The maximum Gasteiger partial charge on any atom is 0.243 e. The van der Waals surface area contributed by atoms with E-state index < -0.39 is 0 Å². The molecular weight excluding hydrogens is 380 g/mol. The highest BCUT2D eigenvalue weighted by Crippen LogP contribution is 2.41. The zero-order valence-corrected chi connectivity index (χ0v) is 17.4. The maximum atomic E-state index is 12.4. The minimum absolute atomic E-state index is 0.0975. The molecule has 1 saturated heterocycles. The van der Waals surface area contributed by atoms with Gasteiger partial charge in [-0.3, -0.25) is 24.5 Å². The number of rotatable bonds is 4. The van der Waals surface area contributed by atoms with E-state index in [0.29, 0.717) is 26.0 Å². The van der Waals surface area contributed by atoms with Crippen molar-refractivity contribution < 1.29 is 14.3 Å². The van der Waals surface area contributed by atoms with Gasteiger partial charge in [-0.05, 0) is 43.9 Å². The van der Waals surface area contributed by atoms with Gasteiger partial charge in [-0.1, -0.05) is 18.2 Å². The smallest absolute Gasteiger partial charge is 0.243 e. The van der Waals surface area contributed by atoms with Gasteiger partial charge in [0, 0.05) is 37.2 Å². The second-order valence-electron chi connectivity index (χ2n) is 8.30. The molecule has 2 amide bonds. The number of hydrogen-bond donors (Lipinski definition) is 1. The fourth-order valence-corrected chi connectivity index (χ4v) is 4.96. The molecular formula is C23H26N4O3. The first-order chi connectivity index (χ1) is 14.5. The number of hydrogen-bond acceptors (Lipinski definition) is 5. The zero-order valence-electron chi connectivity index (χ0n) is 17.4. The van der Waals surface area contributed by atoms with Crippen LogP contribution in [0, 0.1) is 0 Å². The number of nitrogens with zero attached hydrogens (tertiary/aromatic N) is 3. The molecule has 7 heteroatoms. The Morgan fingerprint density at radius 1 is 1.23 bits per heavy atom. The second-order valence-corrected chi connectivity index (χ2v) is 8.30. The molecule has 0 radical (unpaired) electrons. The predicted octanol–water partition coefficient (Wildman–Crippen LogP) is 2.64. The number of benzene rings is 1. The van der Waals surface area contributed by atoms with Gasteiger partial charge in [0.25, 0.3) is 0 Å². The molecule has 7 nitrogen and oxygen atoms in total. The Morgan fingerprint density at radius 2 is 2.10 bits per heavy atom. The van der Waals surface area contributed by atoms with E-state index in [2.05, 4.69) is 40.5 Å². The third kappa shape index (κ3) is 3.13. The zero-order chi connectivity index (χ0) is 20.8. The first kappa shape index (κ1) is 19.1. The summed E-state index contributed by atoms with van der Waals surface area (Å²) in [4.78, 5) is 26.1. The molecule has 2 aliphatic heterocycles. The molecule has 0 spiro atoms. The number of carbonyl (C=O) groups excluding carboxylic acids is 2. The Kier molecular flexibility index (Phi) is 4.70. The van der Waals surface area contributed by atoms with Crippen LogP contribution in [0.1, 0.15) is 60.3 Å². The van der Waals surface area contributed by atoms with E-state index in [1.165, 1.54) is 11.1 Å². The van der Waals surface area contributed by atoms with Crippen LogP contribution < -0.4 is 10.1 Å². The minimum Gasteiger partial charge on any atom is -0.487 e. The molecule has 0 saturated carbocycles. The van der Waals surface area contributed by atoms with Crippen LogP contribution in [0.2, 0.25) is 0 Å². The summed E-state index contributed by atoms with van der Waals surface area (Å²) in [5.41, 5.74) is 5.73. The van der Waals surface area contributed by atoms with Gasteiger partial charge in [-0.15, -0.1) is 0 Å². The molecule has 1 aliphatic carbocycles. The summed E-state index contributed by atoms with van der Waals surface area (Å²) >= 11 is 0. The first-order valence-electron chi connectivity index (χ1n) is 10.6. The van der Waals surface area contributed by atoms with Crippen molar-refractivity contribution in [2.75, 3.05) is 0 Å². The Hall–Kier alpha value is -2.93. The number of fused-ring (bicyclic) bond motifs is 2. The molecule has 1 N–H and O–H groups in total. The predicted molar refractivity (Wildman–Crippen MR) is 111 cm³/mol. The number of nitrogens with one attached hydrogen (secondary N) is 1. The van der Waals surface area contributed by atoms with E-state index in [4.69, 9.17) is 4.74 Å². The fraction of sp³-hybridized carbons (Fsp3) is 0.435. The maximum absolute atomic E-state index is 12.4. The van der Waals surface area contributed by atoms with Crippen LogP contribution in [-0.2, 0) is 36.2 Å². The van der Waals surface area contributed by atoms with Crippen LogP contribution in [0.15, 0.2) is 24.3 Å². The van der Waals surface area contributed by atoms with Crippen molar-refractivity contribution in [3.05, 3.63) is 52.4 Å². The molecule has 2 unspecified atom stereocenters. The summed E-state index contributed by atoms with van der Waals surface area (Å²) < 4.78 is 8.18. The molecule has 2 atom stereocenters. The number of amides is 2. The molecule has 0 bridgehead atoms. The second kappa shape index (κ2) is 7.40. The summed E-state index contributed by atoms with van der Waals surface area (Å²) in [7, 11) is 1.97. The molecule has 3 aliphatic rings. The van der Waals surface area contributed by atoms with E-state index in [1.807, 2.05) is 23.9 Å². The Balaban J connectivity index is 1.36. The van der Waals surface area contributed by atoms with Crippen molar-refractivity contribution in [3.63, 3.8) is 0 Å². The third-order valence-corrected chi connectivity index (χ3v) is 6.55. The SMILES string of the molecule is CC1c2cccc(OCc3nn(C)c4c3CCC=C4)c2CN1C1CCC(=O)NC1=O.